The lowest BCUT2D eigenvalue weighted by Gasteiger charge is -2.40. The minimum absolute atomic E-state index is 0.0159. The number of aromatic amines is 1. The van der Waals surface area contributed by atoms with Gasteiger partial charge in [0.2, 0.25) is 5.91 Å². The average molecular weight is 393 g/mol. The Kier molecular flexibility index (Phi) is 4.62. The number of rotatable bonds is 5. The largest absolute Gasteiger partial charge is 0.352 e. The van der Waals surface area contributed by atoms with E-state index in [1.165, 1.54) is 0 Å². The molecule has 0 unspecified atom stereocenters. The van der Waals surface area contributed by atoms with Crippen LogP contribution in [0.5, 0.6) is 0 Å². The SMILES string of the molecule is O=C(N[C@@H]1CN2CCCC[C@]2(C(=O)NC2CC2)C1)c1cccc(-c2ncc[nH]2)c1. The van der Waals surface area contributed by atoms with Gasteiger partial charge in [0.1, 0.15) is 11.4 Å². The van der Waals surface area contributed by atoms with Gasteiger partial charge in [-0.15, -0.1) is 0 Å². The summed E-state index contributed by atoms with van der Waals surface area (Å²) in [5.41, 5.74) is 1.04. The summed E-state index contributed by atoms with van der Waals surface area (Å²) in [5, 5.41) is 6.39. The van der Waals surface area contributed by atoms with Crippen LogP contribution in [-0.4, -0.2) is 57.4 Å². The number of carbonyl (C=O) groups is 2. The van der Waals surface area contributed by atoms with Gasteiger partial charge in [0.15, 0.2) is 0 Å². The van der Waals surface area contributed by atoms with Crippen molar-refractivity contribution in [1.82, 2.24) is 25.5 Å². The van der Waals surface area contributed by atoms with Gasteiger partial charge < -0.3 is 15.6 Å². The summed E-state index contributed by atoms with van der Waals surface area (Å²) in [6.45, 7) is 1.67. The highest BCUT2D eigenvalue weighted by molar-refractivity contribution is 5.95. The van der Waals surface area contributed by atoms with Crippen LogP contribution in [-0.2, 0) is 4.79 Å². The smallest absolute Gasteiger partial charge is 0.251 e. The molecule has 1 aromatic carbocycles. The predicted molar refractivity (Wildman–Crippen MR) is 109 cm³/mol. The zero-order chi connectivity index (χ0) is 19.8. The van der Waals surface area contributed by atoms with Crippen LogP contribution in [0.1, 0.15) is 48.9 Å². The fourth-order valence-electron chi connectivity index (χ4n) is 4.82. The van der Waals surface area contributed by atoms with E-state index in [1.54, 1.807) is 12.4 Å². The van der Waals surface area contributed by atoms with Crippen molar-refractivity contribution in [1.29, 1.82) is 0 Å². The number of aromatic nitrogens is 2. The quantitative estimate of drug-likeness (QED) is 0.726. The van der Waals surface area contributed by atoms with E-state index in [0.717, 1.165) is 56.6 Å². The van der Waals surface area contributed by atoms with Crippen LogP contribution in [0.3, 0.4) is 0 Å². The molecule has 29 heavy (non-hydrogen) atoms. The first-order chi connectivity index (χ1) is 14.1. The van der Waals surface area contributed by atoms with Crippen LogP contribution in [0.2, 0.25) is 0 Å². The Balaban J connectivity index is 1.30. The average Bonchev–Trinajstić information content (AvgIpc) is 3.24. The van der Waals surface area contributed by atoms with Crippen LogP contribution in [0.4, 0.5) is 0 Å². The second kappa shape index (κ2) is 7.30. The van der Waals surface area contributed by atoms with Crippen molar-refractivity contribution in [2.75, 3.05) is 13.1 Å². The van der Waals surface area contributed by atoms with Gasteiger partial charge in [-0.1, -0.05) is 12.1 Å². The van der Waals surface area contributed by atoms with Gasteiger partial charge in [-0.05, 0) is 57.2 Å². The van der Waals surface area contributed by atoms with E-state index in [0.29, 0.717) is 18.0 Å². The molecule has 0 radical (unpaired) electrons. The molecule has 5 rings (SSSR count). The summed E-state index contributed by atoms with van der Waals surface area (Å²) in [6, 6.07) is 7.82. The molecule has 3 aliphatic rings. The zero-order valence-electron chi connectivity index (χ0n) is 16.5. The third-order valence-corrected chi connectivity index (χ3v) is 6.47. The first kappa shape index (κ1) is 18.4. The first-order valence-corrected chi connectivity index (χ1v) is 10.6. The third-order valence-electron chi connectivity index (χ3n) is 6.47. The standard InChI is InChI=1S/C22H27N5O2/c28-20(16-5-3-4-15(12-16)19-23-9-10-24-19)25-18-13-22(21(29)26-17-6-7-17)8-1-2-11-27(22)14-18/h3-5,9-10,12,17-18H,1-2,6-8,11,13-14H2,(H,23,24)(H,25,28)(H,26,29)/t18-,22+/m0/s1. The lowest BCUT2D eigenvalue weighted by Crippen LogP contribution is -2.57. The summed E-state index contributed by atoms with van der Waals surface area (Å²) < 4.78 is 0. The molecule has 7 heteroatoms. The minimum atomic E-state index is -0.450. The lowest BCUT2D eigenvalue weighted by molar-refractivity contribution is -0.134. The summed E-state index contributed by atoms with van der Waals surface area (Å²) >= 11 is 0. The summed E-state index contributed by atoms with van der Waals surface area (Å²) in [6.07, 6.45) is 9.40. The lowest BCUT2D eigenvalue weighted by atomic mass is 9.84. The van der Waals surface area contributed by atoms with Gasteiger partial charge >= 0.3 is 0 Å². The zero-order valence-corrected chi connectivity index (χ0v) is 16.5. The number of hydrogen-bond acceptors (Lipinski definition) is 4. The summed E-state index contributed by atoms with van der Waals surface area (Å²) in [5.74, 6) is 0.811. The predicted octanol–water partition coefficient (Wildman–Crippen LogP) is 2.08. The van der Waals surface area contributed by atoms with Crippen LogP contribution in [0.25, 0.3) is 11.4 Å². The summed E-state index contributed by atoms with van der Waals surface area (Å²) in [7, 11) is 0. The highest BCUT2D eigenvalue weighted by atomic mass is 16.2. The third kappa shape index (κ3) is 3.55. The molecule has 0 spiro atoms. The van der Waals surface area contributed by atoms with E-state index in [9.17, 15) is 9.59 Å². The fraction of sp³-hybridized carbons (Fsp3) is 0.500. The number of piperidine rings is 1. The molecule has 152 valence electrons. The van der Waals surface area contributed by atoms with Gasteiger partial charge in [-0.3, -0.25) is 14.5 Å². The van der Waals surface area contributed by atoms with E-state index < -0.39 is 5.54 Å². The minimum Gasteiger partial charge on any atom is -0.352 e. The number of benzene rings is 1. The Morgan fingerprint density at radius 3 is 2.86 bits per heavy atom. The number of nitrogens with zero attached hydrogens (tertiary/aromatic N) is 2. The molecule has 1 aliphatic carbocycles. The molecule has 1 saturated carbocycles. The Morgan fingerprint density at radius 2 is 2.07 bits per heavy atom. The van der Waals surface area contributed by atoms with Gasteiger partial charge in [0.25, 0.3) is 5.91 Å². The van der Waals surface area contributed by atoms with Crippen LogP contribution in [0.15, 0.2) is 36.7 Å². The molecule has 2 amide bonds. The number of H-pyrrole nitrogens is 1. The van der Waals surface area contributed by atoms with Gasteiger partial charge in [-0.25, -0.2) is 4.98 Å². The normalized spacial score (nSPS) is 26.7. The molecule has 2 atom stereocenters. The van der Waals surface area contributed by atoms with Crippen LogP contribution >= 0.6 is 0 Å². The Bertz CT molecular complexity index is 908. The number of amides is 2. The fourth-order valence-corrected chi connectivity index (χ4v) is 4.82. The van der Waals surface area contributed by atoms with Crippen molar-refractivity contribution in [2.24, 2.45) is 0 Å². The van der Waals surface area contributed by atoms with Crippen molar-refractivity contribution in [3.05, 3.63) is 42.2 Å². The van der Waals surface area contributed by atoms with Crippen molar-refractivity contribution in [3.63, 3.8) is 0 Å². The van der Waals surface area contributed by atoms with Gasteiger partial charge in [0.05, 0.1) is 0 Å². The van der Waals surface area contributed by atoms with E-state index >= 15 is 0 Å². The molecule has 3 heterocycles. The van der Waals surface area contributed by atoms with Gasteiger partial charge in [-0.2, -0.15) is 0 Å². The van der Waals surface area contributed by atoms with E-state index in [1.807, 2.05) is 24.3 Å². The first-order valence-electron chi connectivity index (χ1n) is 10.6. The molecule has 3 fully saturated rings. The van der Waals surface area contributed by atoms with Crippen molar-refractivity contribution in [2.45, 2.75) is 56.1 Å². The van der Waals surface area contributed by atoms with Crippen molar-refractivity contribution in [3.8, 4) is 11.4 Å². The van der Waals surface area contributed by atoms with Crippen molar-refractivity contribution < 1.29 is 9.59 Å². The number of hydrogen-bond donors (Lipinski definition) is 3. The Morgan fingerprint density at radius 1 is 1.17 bits per heavy atom. The maximum Gasteiger partial charge on any atom is 0.251 e. The second-order valence-corrected chi connectivity index (χ2v) is 8.58. The maximum absolute atomic E-state index is 13.1. The number of carbonyl (C=O) groups excluding carboxylic acids is 2. The van der Waals surface area contributed by atoms with Gasteiger partial charge in [0, 0.05) is 42.1 Å². The second-order valence-electron chi connectivity index (χ2n) is 8.58. The number of nitrogens with one attached hydrogen (secondary N) is 3. The van der Waals surface area contributed by atoms with Crippen molar-refractivity contribution >= 4 is 11.8 Å². The molecule has 3 N–H and O–H groups in total. The maximum atomic E-state index is 13.1. The monoisotopic (exact) mass is 393 g/mol. The highest BCUT2D eigenvalue weighted by Crippen LogP contribution is 2.39. The molecular formula is C22H27N5O2. The molecule has 1 aromatic heterocycles. The van der Waals surface area contributed by atoms with Crippen LogP contribution in [0, 0.1) is 0 Å². The molecule has 2 aliphatic heterocycles. The molecule has 2 saturated heterocycles. The molecule has 2 aromatic rings. The molecule has 7 nitrogen and oxygen atoms in total. The number of fused-ring (bicyclic) bond motifs is 1. The van der Waals surface area contributed by atoms with E-state index in [-0.39, 0.29) is 17.9 Å². The molecule has 0 bridgehead atoms. The highest BCUT2D eigenvalue weighted by Gasteiger charge is 2.52. The number of imidazole rings is 1. The van der Waals surface area contributed by atoms with E-state index in [2.05, 4.69) is 25.5 Å². The van der Waals surface area contributed by atoms with Crippen LogP contribution < -0.4 is 10.6 Å². The molecular weight excluding hydrogens is 366 g/mol. The summed E-state index contributed by atoms with van der Waals surface area (Å²) in [4.78, 5) is 35.6. The Hall–Kier alpha value is -2.67. The topological polar surface area (TPSA) is 90.1 Å². The van der Waals surface area contributed by atoms with E-state index in [4.69, 9.17) is 0 Å². The Labute approximate surface area is 170 Å².